The second-order valence-electron chi connectivity index (χ2n) is 7.21. The summed E-state index contributed by atoms with van der Waals surface area (Å²) in [6.07, 6.45) is 1.69. The normalized spacial score (nSPS) is 11.4. The van der Waals surface area contributed by atoms with Crippen molar-refractivity contribution in [1.82, 2.24) is 24.1 Å². The molecule has 0 saturated heterocycles. The first-order chi connectivity index (χ1) is 15.1. The first-order valence-corrected chi connectivity index (χ1v) is 10.1. The van der Waals surface area contributed by atoms with E-state index < -0.39 is 0 Å². The average molecular weight is 411 g/mol. The number of nitrogens with zero attached hydrogens (tertiary/aromatic N) is 5. The minimum Gasteiger partial charge on any atom is -0.494 e. The second kappa shape index (κ2) is 7.36. The van der Waals surface area contributed by atoms with Crippen LogP contribution in [0.5, 0.6) is 5.75 Å². The maximum absolute atomic E-state index is 13.4. The summed E-state index contributed by atoms with van der Waals surface area (Å²) in [5.74, 6) is 1.39. The molecule has 0 N–H and O–H groups in total. The second-order valence-corrected chi connectivity index (χ2v) is 7.21. The van der Waals surface area contributed by atoms with Gasteiger partial charge in [0.1, 0.15) is 22.5 Å². The van der Waals surface area contributed by atoms with Crippen molar-refractivity contribution in [2.75, 3.05) is 6.61 Å². The molecular weight excluding hydrogens is 390 g/mol. The molecule has 3 aromatic heterocycles. The Hall–Kier alpha value is -4.00. The standard InChI is InChI=1S/C24H21N5O2/c1-4-14-28-15(3)25-22-20(24(28)30)21-23(27-19-9-7-6-8-18(19)26-21)29(22)16-10-12-17(13-11-16)31-5-2/h4,6-13H,1,5,14H2,2-3H3. The largest absolute Gasteiger partial charge is 0.494 e. The van der Waals surface area contributed by atoms with Crippen LogP contribution >= 0.6 is 0 Å². The zero-order valence-corrected chi connectivity index (χ0v) is 17.4. The maximum atomic E-state index is 13.4. The van der Waals surface area contributed by atoms with Crippen LogP contribution in [0.2, 0.25) is 0 Å². The topological polar surface area (TPSA) is 74.8 Å². The molecule has 0 unspecified atom stereocenters. The van der Waals surface area contributed by atoms with E-state index in [4.69, 9.17) is 19.7 Å². The van der Waals surface area contributed by atoms with Crippen molar-refractivity contribution in [3.05, 3.63) is 77.4 Å². The molecular formula is C24H21N5O2. The monoisotopic (exact) mass is 411 g/mol. The lowest BCUT2D eigenvalue weighted by molar-refractivity contribution is 0.340. The molecule has 31 heavy (non-hydrogen) atoms. The molecule has 0 bridgehead atoms. The number of para-hydroxylation sites is 2. The highest BCUT2D eigenvalue weighted by Crippen LogP contribution is 2.29. The van der Waals surface area contributed by atoms with Crippen LogP contribution in [-0.4, -0.2) is 30.7 Å². The van der Waals surface area contributed by atoms with E-state index in [1.807, 2.05) is 66.9 Å². The van der Waals surface area contributed by atoms with Gasteiger partial charge in [0.25, 0.3) is 5.56 Å². The number of allylic oxidation sites excluding steroid dienone is 1. The minimum atomic E-state index is -0.151. The number of aryl methyl sites for hydroxylation is 1. The van der Waals surface area contributed by atoms with Gasteiger partial charge in [0, 0.05) is 12.2 Å². The van der Waals surface area contributed by atoms with E-state index in [2.05, 4.69) is 6.58 Å². The number of fused-ring (bicyclic) bond motifs is 4. The van der Waals surface area contributed by atoms with Crippen LogP contribution in [-0.2, 0) is 6.54 Å². The third-order valence-electron chi connectivity index (χ3n) is 5.27. The van der Waals surface area contributed by atoms with Gasteiger partial charge in [-0.3, -0.25) is 13.9 Å². The Bertz CT molecular complexity index is 1510. The van der Waals surface area contributed by atoms with Crippen molar-refractivity contribution in [2.24, 2.45) is 0 Å². The van der Waals surface area contributed by atoms with Gasteiger partial charge < -0.3 is 4.74 Å². The predicted octanol–water partition coefficient (Wildman–Crippen LogP) is 4.18. The number of hydrogen-bond donors (Lipinski definition) is 0. The van der Waals surface area contributed by atoms with E-state index in [1.54, 1.807) is 10.6 Å². The van der Waals surface area contributed by atoms with Crippen LogP contribution in [0.1, 0.15) is 12.7 Å². The van der Waals surface area contributed by atoms with Crippen molar-refractivity contribution in [3.8, 4) is 11.4 Å². The number of rotatable bonds is 5. The molecule has 0 atom stereocenters. The summed E-state index contributed by atoms with van der Waals surface area (Å²) in [6.45, 7) is 8.51. The van der Waals surface area contributed by atoms with Gasteiger partial charge in [0.15, 0.2) is 11.3 Å². The summed E-state index contributed by atoms with van der Waals surface area (Å²) in [6, 6.07) is 15.3. The number of ether oxygens (including phenoxy) is 1. The van der Waals surface area contributed by atoms with Gasteiger partial charge in [-0.05, 0) is 50.2 Å². The van der Waals surface area contributed by atoms with E-state index in [1.165, 1.54) is 0 Å². The molecule has 0 radical (unpaired) electrons. The molecule has 5 rings (SSSR count). The van der Waals surface area contributed by atoms with E-state index in [0.29, 0.717) is 41.2 Å². The summed E-state index contributed by atoms with van der Waals surface area (Å²) < 4.78 is 9.08. The zero-order chi connectivity index (χ0) is 21.5. The van der Waals surface area contributed by atoms with Gasteiger partial charge >= 0.3 is 0 Å². The van der Waals surface area contributed by atoms with Gasteiger partial charge in [-0.2, -0.15) is 0 Å². The summed E-state index contributed by atoms with van der Waals surface area (Å²) >= 11 is 0. The first kappa shape index (κ1) is 19.0. The molecule has 0 aliphatic heterocycles. The fraction of sp³-hybridized carbons (Fsp3) is 0.167. The van der Waals surface area contributed by atoms with Crippen LogP contribution in [0.4, 0.5) is 0 Å². The smallest absolute Gasteiger partial charge is 0.265 e. The molecule has 0 saturated carbocycles. The minimum absolute atomic E-state index is 0.151. The van der Waals surface area contributed by atoms with Gasteiger partial charge in [0.05, 0.1) is 17.6 Å². The van der Waals surface area contributed by atoms with Gasteiger partial charge in [-0.1, -0.05) is 18.2 Å². The summed E-state index contributed by atoms with van der Waals surface area (Å²) in [4.78, 5) is 27.9. The molecule has 7 nitrogen and oxygen atoms in total. The van der Waals surface area contributed by atoms with Crippen LogP contribution < -0.4 is 10.3 Å². The van der Waals surface area contributed by atoms with Crippen LogP contribution in [0.15, 0.2) is 66.0 Å². The van der Waals surface area contributed by atoms with Crippen LogP contribution in [0.25, 0.3) is 38.9 Å². The molecule has 3 heterocycles. The number of hydrogen-bond acceptors (Lipinski definition) is 5. The van der Waals surface area contributed by atoms with Crippen molar-refractivity contribution < 1.29 is 4.74 Å². The van der Waals surface area contributed by atoms with Crippen molar-refractivity contribution in [3.63, 3.8) is 0 Å². The lowest BCUT2D eigenvalue weighted by Crippen LogP contribution is -2.23. The average Bonchev–Trinajstić information content (AvgIpc) is 3.08. The molecule has 0 spiro atoms. The highest BCUT2D eigenvalue weighted by molar-refractivity contribution is 6.05. The Labute approximate surface area is 178 Å². The first-order valence-electron chi connectivity index (χ1n) is 10.1. The summed E-state index contributed by atoms with van der Waals surface area (Å²) in [5, 5.41) is 0.453. The molecule has 2 aromatic carbocycles. The van der Waals surface area contributed by atoms with Crippen LogP contribution in [0.3, 0.4) is 0 Å². The SMILES string of the molecule is C=CCn1c(C)nc2c(c1=O)c1nc3ccccc3nc1n2-c1ccc(OCC)cc1. The van der Waals surface area contributed by atoms with E-state index >= 15 is 0 Å². The van der Waals surface area contributed by atoms with Crippen LogP contribution in [0, 0.1) is 6.92 Å². The number of benzene rings is 2. The molecule has 5 aromatic rings. The fourth-order valence-corrected chi connectivity index (χ4v) is 3.88. The molecule has 0 aliphatic rings. The van der Waals surface area contributed by atoms with E-state index in [9.17, 15) is 4.79 Å². The highest BCUT2D eigenvalue weighted by atomic mass is 16.5. The zero-order valence-electron chi connectivity index (χ0n) is 17.4. The Morgan fingerprint density at radius 3 is 2.39 bits per heavy atom. The Balaban J connectivity index is 1.93. The van der Waals surface area contributed by atoms with E-state index in [-0.39, 0.29) is 5.56 Å². The Morgan fingerprint density at radius 1 is 1.00 bits per heavy atom. The lowest BCUT2D eigenvalue weighted by atomic mass is 10.3. The van der Waals surface area contributed by atoms with Gasteiger partial charge in [-0.15, -0.1) is 6.58 Å². The quantitative estimate of drug-likeness (QED) is 0.406. The van der Waals surface area contributed by atoms with Gasteiger partial charge in [0.2, 0.25) is 0 Å². The number of aromatic nitrogens is 5. The summed E-state index contributed by atoms with van der Waals surface area (Å²) in [7, 11) is 0. The lowest BCUT2D eigenvalue weighted by Gasteiger charge is -2.10. The van der Waals surface area contributed by atoms with Crippen molar-refractivity contribution in [1.29, 1.82) is 0 Å². The third kappa shape index (κ3) is 2.97. The maximum Gasteiger partial charge on any atom is 0.265 e. The highest BCUT2D eigenvalue weighted by Gasteiger charge is 2.21. The third-order valence-corrected chi connectivity index (χ3v) is 5.27. The summed E-state index contributed by atoms with van der Waals surface area (Å²) in [5.41, 5.74) is 3.85. The Morgan fingerprint density at radius 2 is 1.71 bits per heavy atom. The van der Waals surface area contributed by atoms with E-state index in [0.717, 1.165) is 22.5 Å². The molecule has 154 valence electrons. The molecule has 7 heteroatoms. The fourth-order valence-electron chi connectivity index (χ4n) is 3.88. The Kier molecular flexibility index (Phi) is 4.51. The van der Waals surface area contributed by atoms with Crippen molar-refractivity contribution in [2.45, 2.75) is 20.4 Å². The van der Waals surface area contributed by atoms with Gasteiger partial charge in [-0.25, -0.2) is 15.0 Å². The molecule has 0 aliphatic carbocycles. The molecule has 0 amide bonds. The molecule has 0 fully saturated rings. The predicted molar refractivity (Wildman–Crippen MR) is 122 cm³/mol. The van der Waals surface area contributed by atoms with Crippen molar-refractivity contribution >= 4 is 33.2 Å².